The van der Waals surface area contributed by atoms with Crippen molar-refractivity contribution in [1.29, 1.82) is 0 Å². The molecule has 3 rings (SSSR count). The first-order valence-corrected chi connectivity index (χ1v) is 8.55. The van der Waals surface area contributed by atoms with Crippen LogP contribution in [0.5, 0.6) is 5.75 Å². The molecule has 2 heterocycles. The number of rotatable bonds is 6. The summed E-state index contributed by atoms with van der Waals surface area (Å²) in [6.07, 6.45) is 3.34. The highest BCUT2D eigenvalue weighted by Crippen LogP contribution is 2.27. The van der Waals surface area contributed by atoms with Crippen LogP contribution in [0.3, 0.4) is 0 Å². The summed E-state index contributed by atoms with van der Waals surface area (Å²) in [6.45, 7) is 3.37. The predicted octanol–water partition coefficient (Wildman–Crippen LogP) is 2.02. The Hall–Kier alpha value is -0.620. The smallest absolute Gasteiger partial charge is 0.120 e. The summed E-state index contributed by atoms with van der Waals surface area (Å²) < 4.78 is 6.61. The molecule has 1 aromatic carbocycles. The summed E-state index contributed by atoms with van der Waals surface area (Å²) in [5, 5.41) is 13.6. The molecule has 1 aromatic rings. The van der Waals surface area contributed by atoms with E-state index < -0.39 is 6.10 Å². The van der Waals surface area contributed by atoms with Gasteiger partial charge in [0.05, 0.1) is 0 Å². The van der Waals surface area contributed by atoms with Crippen LogP contribution in [0.15, 0.2) is 28.7 Å². The van der Waals surface area contributed by atoms with Crippen molar-refractivity contribution in [2.75, 3.05) is 26.2 Å². The lowest BCUT2D eigenvalue weighted by Gasteiger charge is -2.22. The van der Waals surface area contributed by atoms with Crippen molar-refractivity contribution in [3.8, 4) is 5.75 Å². The first-order chi connectivity index (χ1) is 10.2. The van der Waals surface area contributed by atoms with Gasteiger partial charge in [-0.3, -0.25) is 4.90 Å². The molecule has 3 atom stereocenters. The van der Waals surface area contributed by atoms with Crippen molar-refractivity contribution in [2.45, 2.75) is 37.5 Å². The average molecular weight is 355 g/mol. The Morgan fingerprint density at radius 3 is 3.14 bits per heavy atom. The van der Waals surface area contributed by atoms with E-state index in [-0.39, 0.29) is 0 Å². The van der Waals surface area contributed by atoms with Gasteiger partial charge >= 0.3 is 0 Å². The van der Waals surface area contributed by atoms with E-state index in [2.05, 4.69) is 26.1 Å². The second-order valence-corrected chi connectivity index (χ2v) is 6.89. The van der Waals surface area contributed by atoms with Gasteiger partial charge < -0.3 is 15.2 Å². The maximum Gasteiger partial charge on any atom is 0.120 e. The molecule has 0 bridgehead atoms. The van der Waals surface area contributed by atoms with Crippen LogP contribution in [-0.4, -0.2) is 54.4 Å². The summed E-state index contributed by atoms with van der Waals surface area (Å²) in [4.78, 5) is 2.57. The largest absolute Gasteiger partial charge is 0.491 e. The van der Waals surface area contributed by atoms with Gasteiger partial charge in [-0.1, -0.05) is 22.0 Å². The number of aliphatic hydroxyl groups is 1. The number of halogens is 1. The summed E-state index contributed by atoms with van der Waals surface area (Å²) >= 11 is 3.41. The zero-order chi connectivity index (χ0) is 14.7. The molecule has 0 saturated carbocycles. The fourth-order valence-corrected chi connectivity index (χ4v) is 3.79. The molecule has 2 aliphatic rings. The molecule has 116 valence electrons. The van der Waals surface area contributed by atoms with Crippen molar-refractivity contribution in [2.24, 2.45) is 0 Å². The minimum atomic E-state index is -0.473. The molecule has 2 N–H and O–H groups in total. The van der Waals surface area contributed by atoms with E-state index in [0.29, 0.717) is 25.2 Å². The summed E-state index contributed by atoms with van der Waals surface area (Å²) in [6, 6.07) is 8.91. The van der Waals surface area contributed by atoms with Crippen LogP contribution in [-0.2, 0) is 0 Å². The maximum atomic E-state index is 10.1. The number of nitrogens with one attached hydrogen (secondary N) is 1. The normalized spacial score (nSPS) is 26.8. The Labute approximate surface area is 134 Å². The Morgan fingerprint density at radius 2 is 2.29 bits per heavy atom. The van der Waals surface area contributed by atoms with E-state index in [9.17, 15) is 5.11 Å². The van der Waals surface area contributed by atoms with Gasteiger partial charge in [0, 0.05) is 29.6 Å². The van der Waals surface area contributed by atoms with E-state index in [1.54, 1.807) is 0 Å². The second kappa shape index (κ2) is 7.09. The zero-order valence-corrected chi connectivity index (χ0v) is 13.8. The van der Waals surface area contributed by atoms with Crippen molar-refractivity contribution < 1.29 is 9.84 Å². The van der Waals surface area contributed by atoms with E-state index in [1.807, 2.05) is 24.3 Å². The number of fused-ring (bicyclic) bond motifs is 1. The standard InChI is InChI=1S/C16H23BrN2O2/c17-12-3-1-4-14(9-12)21-11-13(20)10-18-15-6-8-19-7-2-5-16(15)19/h1,3-4,9,13,15-16,18,20H,2,5-8,10-11H2. The van der Waals surface area contributed by atoms with E-state index in [1.165, 1.54) is 32.4 Å². The minimum absolute atomic E-state index is 0.324. The molecular formula is C16H23BrN2O2. The van der Waals surface area contributed by atoms with Crippen LogP contribution in [0.25, 0.3) is 0 Å². The van der Waals surface area contributed by atoms with Crippen molar-refractivity contribution in [3.05, 3.63) is 28.7 Å². The lowest BCUT2D eigenvalue weighted by Crippen LogP contribution is -2.43. The highest BCUT2D eigenvalue weighted by atomic mass is 79.9. The number of aliphatic hydroxyl groups excluding tert-OH is 1. The monoisotopic (exact) mass is 354 g/mol. The Balaban J connectivity index is 1.39. The third-order valence-electron chi connectivity index (χ3n) is 4.46. The fraction of sp³-hybridized carbons (Fsp3) is 0.625. The van der Waals surface area contributed by atoms with Crippen LogP contribution in [0.1, 0.15) is 19.3 Å². The molecule has 0 aliphatic carbocycles. The molecule has 2 aliphatic heterocycles. The molecular weight excluding hydrogens is 332 g/mol. The lowest BCUT2D eigenvalue weighted by molar-refractivity contribution is 0.102. The highest BCUT2D eigenvalue weighted by Gasteiger charge is 2.36. The van der Waals surface area contributed by atoms with E-state index >= 15 is 0 Å². The molecule has 3 unspecified atom stereocenters. The number of nitrogens with zero attached hydrogens (tertiary/aromatic N) is 1. The zero-order valence-electron chi connectivity index (χ0n) is 12.2. The van der Waals surface area contributed by atoms with E-state index in [4.69, 9.17) is 4.74 Å². The van der Waals surface area contributed by atoms with Gasteiger partial charge in [0.2, 0.25) is 0 Å². The van der Waals surface area contributed by atoms with Gasteiger partial charge in [-0.15, -0.1) is 0 Å². The topological polar surface area (TPSA) is 44.7 Å². The van der Waals surface area contributed by atoms with Crippen molar-refractivity contribution >= 4 is 15.9 Å². The fourth-order valence-electron chi connectivity index (χ4n) is 3.42. The number of hydrogen-bond acceptors (Lipinski definition) is 4. The first kappa shape index (κ1) is 15.3. The lowest BCUT2D eigenvalue weighted by atomic mass is 10.1. The van der Waals surface area contributed by atoms with Crippen LogP contribution >= 0.6 is 15.9 Å². The van der Waals surface area contributed by atoms with Crippen LogP contribution < -0.4 is 10.1 Å². The molecule has 0 spiro atoms. The number of hydrogen-bond donors (Lipinski definition) is 2. The summed E-state index contributed by atoms with van der Waals surface area (Å²) in [5.74, 6) is 0.784. The SMILES string of the molecule is OC(CNC1CCN2CCCC12)COc1cccc(Br)c1. The summed E-state index contributed by atoms with van der Waals surface area (Å²) in [5.41, 5.74) is 0. The average Bonchev–Trinajstić information content (AvgIpc) is 3.06. The van der Waals surface area contributed by atoms with Gasteiger partial charge in [-0.25, -0.2) is 0 Å². The molecule has 0 radical (unpaired) electrons. The molecule has 5 heteroatoms. The van der Waals surface area contributed by atoms with Gasteiger partial charge in [-0.2, -0.15) is 0 Å². The van der Waals surface area contributed by atoms with Crippen LogP contribution in [0.2, 0.25) is 0 Å². The van der Waals surface area contributed by atoms with Crippen LogP contribution in [0, 0.1) is 0 Å². The third kappa shape index (κ3) is 3.97. The third-order valence-corrected chi connectivity index (χ3v) is 4.95. The molecule has 0 amide bonds. The predicted molar refractivity (Wildman–Crippen MR) is 86.6 cm³/mol. The minimum Gasteiger partial charge on any atom is -0.491 e. The number of ether oxygens (including phenoxy) is 1. The molecule has 2 saturated heterocycles. The number of benzene rings is 1. The van der Waals surface area contributed by atoms with Crippen molar-refractivity contribution in [1.82, 2.24) is 10.2 Å². The van der Waals surface area contributed by atoms with Gasteiger partial charge in [0.15, 0.2) is 0 Å². The Morgan fingerprint density at radius 1 is 1.38 bits per heavy atom. The molecule has 2 fully saturated rings. The Bertz CT molecular complexity index is 471. The second-order valence-electron chi connectivity index (χ2n) is 5.97. The van der Waals surface area contributed by atoms with Gasteiger partial charge in [0.1, 0.15) is 18.5 Å². The Kier molecular flexibility index (Phi) is 5.16. The molecule has 0 aromatic heterocycles. The van der Waals surface area contributed by atoms with Gasteiger partial charge in [0.25, 0.3) is 0 Å². The first-order valence-electron chi connectivity index (χ1n) is 7.76. The summed E-state index contributed by atoms with van der Waals surface area (Å²) in [7, 11) is 0. The van der Waals surface area contributed by atoms with Crippen LogP contribution in [0.4, 0.5) is 0 Å². The van der Waals surface area contributed by atoms with Gasteiger partial charge in [-0.05, 0) is 44.0 Å². The molecule has 21 heavy (non-hydrogen) atoms. The van der Waals surface area contributed by atoms with Crippen molar-refractivity contribution in [3.63, 3.8) is 0 Å². The van der Waals surface area contributed by atoms with E-state index in [0.717, 1.165) is 10.2 Å². The molecule has 4 nitrogen and oxygen atoms in total. The highest BCUT2D eigenvalue weighted by molar-refractivity contribution is 9.10. The maximum absolute atomic E-state index is 10.1. The quantitative estimate of drug-likeness (QED) is 0.820.